The Morgan fingerprint density at radius 2 is 1.94 bits per heavy atom. The number of likely N-dealkylation sites (N-methyl/N-ethyl adjacent to an activating group) is 1. The number of carbonyl (C=O) groups excluding carboxylic acids is 1. The van der Waals surface area contributed by atoms with Crippen molar-refractivity contribution in [2.45, 2.75) is 70.5 Å². The number of rotatable bonds is 5. The van der Waals surface area contributed by atoms with Crippen molar-refractivity contribution < 1.29 is 4.79 Å². The van der Waals surface area contributed by atoms with E-state index >= 15 is 0 Å². The monoisotopic (exact) mass is 255 g/mol. The molecular weight excluding hydrogens is 226 g/mol. The number of nitrogens with two attached hydrogens (primary N) is 1. The maximum atomic E-state index is 12.2. The molecule has 0 bridgehead atoms. The van der Waals surface area contributed by atoms with E-state index in [-0.39, 0.29) is 17.5 Å². The molecule has 4 nitrogen and oxygen atoms in total. The zero-order chi connectivity index (χ0) is 13.8. The molecule has 0 radical (unpaired) electrons. The van der Waals surface area contributed by atoms with Crippen molar-refractivity contribution in [3.8, 4) is 0 Å². The van der Waals surface area contributed by atoms with Gasteiger partial charge in [-0.05, 0) is 40.7 Å². The summed E-state index contributed by atoms with van der Waals surface area (Å²) < 4.78 is 0. The molecule has 1 amide bonds. The van der Waals surface area contributed by atoms with Crippen LogP contribution in [0.5, 0.6) is 0 Å². The maximum Gasteiger partial charge on any atom is 0.237 e. The predicted octanol–water partition coefficient (Wildman–Crippen LogP) is 1.49. The summed E-state index contributed by atoms with van der Waals surface area (Å²) in [5.74, 6) is 0.130. The molecule has 0 aromatic heterocycles. The Bertz CT molecular complexity index is 272. The maximum absolute atomic E-state index is 12.2. The zero-order valence-electron chi connectivity index (χ0n) is 12.3. The number of amides is 1. The first-order valence-electron chi connectivity index (χ1n) is 7.12. The first-order valence-corrected chi connectivity index (χ1v) is 7.12. The van der Waals surface area contributed by atoms with Crippen molar-refractivity contribution >= 4 is 5.91 Å². The van der Waals surface area contributed by atoms with E-state index in [1.165, 1.54) is 19.3 Å². The summed E-state index contributed by atoms with van der Waals surface area (Å²) in [4.78, 5) is 14.3. The standard InChI is InChI=1S/C14H29N3O/c1-11(17(4)14(2,3)10-15)13(18)16-12-8-6-5-7-9-12/h11-12H,5-10,15H2,1-4H3,(H,16,18). The highest BCUT2D eigenvalue weighted by Crippen LogP contribution is 2.18. The highest BCUT2D eigenvalue weighted by molar-refractivity contribution is 5.81. The smallest absolute Gasteiger partial charge is 0.237 e. The zero-order valence-corrected chi connectivity index (χ0v) is 12.3. The Morgan fingerprint density at radius 1 is 1.39 bits per heavy atom. The van der Waals surface area contributed by atoms with Crippen LogP contribution in [-0.2, 0) is 4.79 Å². The van der Waals surface area contributed by atoms with Crippen molar-refractivity contribution in [2.75, 3.05) is 13.6 Å². The summed E-state index contributed by atoms with van der Waals surface area (Å²) in [6, 6.07) is 0.244. The molecular formula is C14H29N3O. The van der Waals surface area contributed by atoms with Gasteiger partial charge in [0.1, 0.15) is 0 Å². The summed E-state index contributed by atoms with van der Waals surface area (Å²) in [5.41, 5.74) is 5.61. The number of nitrogens with one attached hydrogen (secondary N) is 1. The van der Waals surface area contributed by atoms with Crippen LogP contribution in [0.2, 0.25) is 0 Å². The van der Waals surface area contributed by atoms with E-state index in [0.717, 1.165) is 12.8 Å². The van der Waals surface area contributed by atoms with E-state index < -0.39 is 0 Å². The van der Waals surface area contributed by atoms with E-state index in [2.05, 4.69) is 24.1 Å². The first-order chi connectivity index (χ1) is 8.38. The third kappa shape index (κ3) is 3.95. The van der Waals surface area contributed by atoms with Crippen LogP contribution in [0.25, 0.3) is 0 Å². The molecule has 0 aliphatic heterocycles. The summed E-state index contributed by atoms with van der Waals surface area (Å²) in [6.07, 6.45) is 6.04. The number of nitrogens with zero attached hydrogens (tertiary/aromatic N) is 1. The van der Waals surface area contributed by atoms with Crippen molar-refractivity contribution in [3.63, 3.8) is 0 Å². The Kier molecular flexibility index (Phi) is 5.60. The van der Waals surface area contributed by atoms with Crippen LogP contribution in [0, 0.1) is 0 Å². The Morgan fingerprint density at radius 3 is 2.44 bits per heavy atom. The van der Waals surface area contributed by atoms with Crippen molar-refractivity contribution in [2.24, 2.45) is 5.73 Å². The average Bonchev–Trinajstić information content (AvgIpc) is 2.38. The third-order valence-electron chi connectivity index (χ3n) is 4.37. The van der Waals surface area contributed by atoms with Gasteiger partial charge in [-0.15, -0.1) is 0 Å². The van der Waals surface area contributed by atoms with Gasteiger partial charge in [-0.25, -0.2) is 0 Å². The van der Waals surface area contributed by atoms with E-state index in [1.807, 2.05) is 14.0 Å². The van der Waals surface area contributed by atoms with Gasteiger partial charge in [0.15, 0.2) is 0 Å². The minimum atomic E-state index is -0.149. The van der Waals surface area contributed by atoms with E-state index in [0.29, 0.717) is 12.6 Å². The summed E-state index contributed by atoms with van der Waals surface area (Å²) in [6.45, 7) is 6.63. The first kappa shape index (κ1) is 15.4. The molecule has 106 valence electrons. The normalized spacial score (nSPS) is 19.9. The average molecular weight is 255 g/mol. The van der Waals surface area contributed by atoms with Crippen molar-refractivity contribution in [1.82, 2.24) is 10.2 Å². The van der Waals surface area contributed by atoms with Gasteiger partial charge in [0, 0.05) is 18.1 Å². The lowest BCUT2D eigenvalue weighted by atomic mass is 9.95. The van der Waals surface area contributed by atoms with Gasteiger partial charge in [0.2, 0.25) is 5.91 Å². The highest BCUT2D eigenvalue weighted by Gasteiger charge is 2.30. The molecule has 1 rings (SSSR count). The van der Waals surface area contributed by atoms with Crippen LogP contribution in [0.3, 0.4) is 0 Å². The number of hydrogen-bond donors (Lipinski definition) is 2. The van der Waals surface area contributed by atoms with Crippen LogP contribution < -0.4 is 11.1 Å². The molecule has 1 fully saturated rings. The number of hydrogen-bond acceptors (Lipinski definition) is 3. The third-order valence-corrected chi connectivity index (χ3v) is 4.37. The molecule has 18 heavy (non-hydrogen) atoms. The Balaban J connectivity index is 2.49. The van der Waals surface area contributed by atoms with Crippen molar-refractivity contribution in [1.29, 1.82) is 0 Å². The molecule has 0 spiro atoms. The molecule has 1 saturated carbocycles. The molecule has 0 aromatic carbocycles. The molecule has 0 heterocycles. The van der Waals surface area contributed by atoms with Gasteiger partial charge in [0.25, 0.3) is 0 Å². The second-order valence-electron chi connectivity index (χ2n) is 6.15. The quantitative estimate of drug-likeness (QED) is 0.782. The minimum Gasteiger partial charge on any atom is -0.352 e. The van der Waals surface area contributed by atoms with Gasteiger partial charge < -0.3 is 11.1 Å². The predicted molar refractivity (Wildman–Crippen MR) is 75.4 cm³/mol. The van der Waals surface area contributed by atoms with Crippen molar-refractivity contribution in [3.05, 3.63) is 0 Å². The fraction of sp³-hybridized carbons (Fsp3) is 0.929. The fourth-order valence-corrected chi connectivity index (χ4v) is 2.41. The Hall–Kier alpha value is -0.610. The van der Waals surface area contributed by atoms with Gasteiger partial charge in [0.05, 0.1) is 6.04 Å². The summed E-state index contributed by atoms with van der Waals surface area (Å²) in [5, 5.41) is 3.17. The molecule has 1 aliphatic carbocycles. The van der Waals surface area contributed by atoms with Crippen LogP contribution in [0.4, 0.5) is 0 Å². The lowest BCUT2D eigenvalue weighted by molar-refractivity contribution is -0.128. The SMILES string of the molecule is CC(C(=O)NC1CCCCC1)N(C)C(C)(C)CN. The van der Waals surface area contributed by atoms with Gasteiger partial charge in [-0.3, -0.25) is 9.69 Å². The summed E-state index contributed by atoms with van der Waals surface area (Å²) in [7, 11) is 1.97. The van der Waals surface area contributed by atoms with Gasteiger partial charge in [-0.1, -0.05) is 19.3 Å². The summed E-state index contributed by atoms with van der Waals surface area (Å²) >= 11 is 0. The largest absolute Gasteiger partial charge is 0.352 e. The molecule has 1 atom stereocenters. The van der Waals surface area contributed by atoms with Crippen LogP contribution in [-0.4, -0.2) is 42.0 Å². The second-order valence-corrected chi connectivity index (χ2v) is 6.15. The highest BCUT2D eigenvalue weighted by atomic mass is 16.2. The number of carbonyl (C=O) groups is 1. The van der Waals surface area contributed by atoms with Gasteiger partial charge >= 0.3 is 0 Å². The van der Waals surface area contributed by atoms with E-state index in [1.54, 1.807) is 0 Å². The fourth-order valence-electron chi connectivity index (χ4n) is 2.41. The van der Waals surface area contributed by atoms with Crippen LogP contribution in [0.1, 0.15) is 52.9 Å². The lowest BCUT2D eigenvalue weighted by Crippen LogP contribution is -2.56. The second kappa shape index (κ2) is 6.53. The van der Waals surface area contributed by atoms with Crippen LogP contribution in [0.15, 0.2) is 0 Å². The molecule has 0 aromatic rings. The molecule has 4 heteroatoms. The molecule has 1 aliphatic rings. The van der Waals surface area contributed by atoms with E-state index in [9.17, 15) is 4.79 Å². The molecule has 3 N–H and O–H groups in total. The van der Waals surface area contributed by atoms with E-state index in [4.69, 9.17) is 5.73 Å². The van der Waals surface area contributed by atoms with Crippen LogP contribution >= 0.6 is 0 Å². The van der Waals surface area contributed by atoms with Gasteiger partial charge in [-0.2, -0.15) is 0 Å². The molecule has 1 unspecified atom stereocenters. The Labute approximate surface area is 111 Å². The minimum absolute atomic E-state index is 0.130. The molecule has 0 saturated heterocycles. The lowest BCUT2D eigenvalue weighted by Gasteiger charge is -2.38. The topological polar surface area (TPSA) is 58.4 Å².